The van der Waals surface area contributed by atoms with Gasteiger partial charge >= 0.3 is 6.18 Å². The third-order valence-corrected chi connectivity index (χ3v) is 2.46. The van der Waals surface area contributed by atoms with Crippen LogP contribution in [0.1, 0.15) is 21.5 Å². The fourth-order valence-corrected chi connectivity index (χ4v) is 1.77. The molecule has 0 spiro atoms. The second kappa shape index (κ2) is 3.37. The lowest BCUT2D eigenvalue weighted by Crippen LogP contribution is -2.05. The van der Waals surface area contributed by atoms with Crippen molar-refractivity contribution >= 4 is 17.2 Å². The Hall–Kier alpha value is -1.78. The Kier molecular flexibility index (Phi) is 2.26. The van der Waals surface area contributed by atoms with Gasteiger partial charge in [0, 0.05) is 22.7 Å². The number of aromatic nitrogens is 1. The van der Waals surface area contributed by atoms with Crippen LogP contribution in [-0.2, 0) is 6.18 Å². The Balaban J connectivity index is 2.75. The minimum atomic E-state index is -4.37. The average Bonchev–Trinajstić information content (AvgIpc) is 2.59. The van der Waals surface area contributed by atoms with Gasteiger partial charge in [-0.1, -0.05) is 0 Å². The van der Waals surface area contributed by atoms with Gasteiger partial charge in [0.15, 0.2) is 6.29 Å². The zero-order valence-corrected chi connectivity index (χ0v) is 8.35. The maximum atomic E-state index is 12.5. The maximum absolute atomic E-state index is 12.5. The number of carbonyl (C=O) groups is 1. The van der Waals surface area contributed by atoms with E-state index in [2.05, 4.69) is 4.98 Å². The summed E-state index contributed by atoms with van der Waals surface area (Å²) in [7, 11) is 0. The number of H-pyrrole nitrogens is 1. The zero-order valence-electron chi connectivity index (χ0n) is 8.35. The number of carbonyl (C=O) groups excluding carboxylic acids is 1. The second-order valence-corrected chi connectivity index (χ2v) is 3.58. The first-order chi connectivity index (χ1) is 7.43. The van der Waals surface area contributed by atoms with Crippen molar-refractivity contribution in [2.24, 2.45) is 0 Å². The molecule has 84 valence electrons. The molecule has 0 unspecified atom stereocenters. The van der Waals surface area contributed by atoms with Gasteiger partial charge in [-0.3, -0.25) is 4.79 Å². The number of nitrogens with one attached hydrogen (secondary N) is 1. The molecular weight excluding hydrogens is 219 g/mol. The van der Waals surface area contributed by atoms with E-state index in [0.29, 0.717) is 28.3 Å². The molecular formula is C11H8F3NO. The number of fused-ring (bicyclic) bond motifs is 1. The van der Waals surface area contributed by atoms with Crippen molar-refractivity contribution in [2.45, 2.75) is 13.1 Å². The van der Waals surface area contributed by atoms with Gasteiger partial charge in [-0.15, -0.1) is 0 Å². The van der Waals surface area contributed by atoms with Gasteiger partial charge in [0.2, 0.25) is 0 Å². The van der Waals surface area contributed by atoms with Gasteiger partial charge in [0.25, 0.3) is 0 Å². The number of rotatable bonds is 1. The molecule has 0 saturated heterocycles. The van der Waals surface area contributed by atoms with E-state index in [-0.39, 0.29) is 0 Å². The highest BCUT2D eigenvalue weighted by Crippen LogP contribution is 2.33. The summed E-state index contributed by atoms with van der Waals surface area (Å²) in [6.45, 7) is 1.55. The molecule has 2 aromatic rings. The highest BCUT2D eigenvalue weighted by Gasteiger charge is 2.31. The van der Waals surface area contributed by atoms with E-state index >= 15 is 0 Å². The summed E-state index contributed by atoms with van der Waals surface area (Å²) < 4.78 is 37.5. The van der Waals surface area contributed by atoms with Crippen molar-refractivity contribution in [3.8, 4) is 0 Å². The predicted molar refractivity (Wildman–Crippen MR) is 53.4 cm³/mol. The Morgan fingerprint density at radius 2 is 2.00 bits per heavy atom. The smallest absolute Gasteiger partial charge is 0.360 e. The second-order valence-electron chi connectivity index (χ2n) is 3.58. The molecule has 16 heavy (non-hydrogen) atoms. The number of aldehydes is 1. The van der Waals surface area contributed by atoms with Crippen LogP contribution in [0.15, 0.2) is 18.3 Å². The topological polar surface area (TPSA) is 32.9 Å². The molecule has 0 saturated carbocycles. The Morgan fingerprint density at radius 3 is 2.56 bits per heavy atom. The van der Waals surface area contributed by atoms with E-state index in [4.69, 9.17) is 0 Å². The number of alkyl halides is 3. The summed E-state index contributed by atoms with van der Waals surface area (Å²) >= 11 is 0. The highest BCUT2D eigenvalue weighted by molar-refractivity contribution is 5.99. The Morgan fingerprint density at radius 1 is 1.31 bits per heavy atom. The third-order valence-electron chi connectivity index (χ3n) is 2.46. The molecule has 0 atom stereocenters. The van der Waals surface area contributed by atoms with E-state index < -0.39 is 11.7 Å². The monoisotopic (exact) mass is 227 g/mol. The van der Waals surface area contributed by atoms with Gasteiger partial charge < -0.3 is 4.98 Å². The number of aryl methyl sites for hydroxylation is 1. The van der Waals surface area contributed by atoms with Crippen LogP contribution < -0.4 is 0 Å². The quantitative estimate of drug-likeness (QED) is 0.745. The van der Waals surface area contributed by atoms with E-state index in [0.717, 1.165) is 12.1 Å². The lowest BCUT2D eigenvalue weighted by atomic mass is 10.0. The molecule has 5 heteroatoms. The van der Waals surface area contributed by atoms with E-state index in [1.165, 1.54) is 6.20 Å². The summed E-state index contributed by atoms with van der Waals surface area (Å²) in [5.74, 6) is 0. The summed E-state index contributed by atoms with van der Waals surface area (Å²) in [5.41, 5.74) is 0.431. The molecule has 0 bridgehead atoms. The standard InChI is InChI=1S/C11H8F3NO/c1-6-2-8(11(12,13)14)3-9-10(6)7(5-16)4-15-9/h2-5,15H,1H3. The Labute approximate surface area is 89.1 Å². The van der Waals surface area contributed by atoms with Crippen molar-refractivity contribution < 1.29 is 18.0 Å². The van der Waals surface area contributed by atoms with Crippen molar-refractivity contribution in [2.75, 3.05) is 0 Å². The molecule has 0 fully saturated rings. The lowest BCUT2D eigenvalue weighted by molar-refractivity contribution is -0.137. The van der Waals surface area contributed by atoms with E-state index in [1.54, 1.807) is 6.92 Å². The van der Waals surface area contributed by atoms with Crippen molar-refractivity contribution in [1.29, 1.82) is 0 Å². The van der Waals surface area contributed by atoms with E-state index in [9.17, 15) is 18.0 Å². The van der Waals surface area contributed by atoms with Crippen molar-refractivity contribution in [3.63, 3.8) is 0 Å². The molecule has 0 aliphatic heterocycles. The molecule has 0 radical (unpaired) electrons. The van der Waals surface area contributed by atoms with Gasteiger partial charge in [-0.2, -0.15) is 13.2 Å². The van der Waals surface area contributed by atoms with Gasteiger partial charge in [-0.05, 0) is 24.6 Å². The lowest BCUT2D eigenvalue weighted by Gasteiger charge is -2.08. The Bertz CT molecular complexity index is 554. The fraction of sp³-hybridized carbons (Fsp3) is 0.182. The number of halogens is 3. The highest BCUT2D eigenvalue weighted by atomic mass is 19.4. The molecule has 1 N–H and O–H groups in total. The minimum absolute atomic E-state index is 0.328. The molecule has 0 aliphatic rings. The summed E-state index contributed by atoms with van der Waals surface area (Å²) in [6, 6.07) is 2.05. The number of hydrogen-bond acceptors (Lipinski definition) is 1. The summed E-state index contributed by atoms with van der Waals surface area (Å²) in [6.07, 6.45) is -2.34. The van der Waals surface area contributed by atoms with Crippen LogP contribution in [-0.4, -0.2) is 11.3 Å². The van der Waals surface area contributed by atoms with Crippen LogP contribution in [0.2, 0.25) is 0 Å². The molecule has 1 aromatic carbocycles. The number of benzene rings is 1. The predicted octanol–water partition coefficient (Wildman–Crippen LogP) is 3.31. The van der Waals surface area contributed by atoms with Crippen molar-refractivity contribution in [3.05, 3.63) is 35.0 Å². The molecule has 0 aliphatic carbocycles. The van der Waals surface area contributed by atoms with Crippen LogP contribution >= 0.6 is 0 Å². The SMILES string of the molecule is Cc1cc(C(F)(F)F)cc2[nH]cc(C=O)c12. The number of hydrogen-bond donors (Lipinski definition) is 1. The molecule has 1 heterocycles. The normalized spacial score (nSPS) is 12.0. The van der Waals surface area contributed by atoms with Gasteiger partial charge in [0.1, 0.15) is 0 Å². The van der Waals surface area contributed by atoms with Crippen LogP contribution in [0.5, 0.6) is 0 Å². The third kappa shape index (κ3) is 1.58. The molecule has 2 nitrogen and oxygen atoms in total. The zero-order chi connectivity index (χ0) is 11.9. The largest absolute Gasteiger partial charge is 0.416 e. The fourth-order valence-electron chi connectivity index (χ4n) is 1.77. The summed E-state index contributed by atoms with van der Waals surface area (Å²) in [5, 5.41) is 0.544. The number of aromatic amines is 1. The minimum Gasteiger partial charge on any atom is -0.360 e. The van der Waals surface area contributed by atoms with Gasteiger partial charge in [-0.25, -0.2) is 0 Å². The van der Waals surface area contributed by atoms with Crippen molar-refractivity contribution in [1.82, 2.24) is 4.98 Å². The summed E-state index contributed by atoms with van der Waals surface area (Å²) in [4.78, 5) is 13.3. The van der Waals surface area contributed by atoms with Crippen LogP contribution in [0.25, 0.3) is 10.9 Å². The molecule has 1 aromatic heterocycles. The van der Waals surface area contributed by atoms with Crippen LogP contribution in [0.4, 0.5) is 13.2 Å². The molecule has 2 rings (SSSR count). The first-order valence-electron chi connectivity index (χ1n) is 4.57. The van der Waals surface area contributed by atoms with Crippen LogP contribution in [0.3, 0.4) is 0 Å². The van der Waals surface area contributed by atoms with E-state index in [1.807, 2.05) is 0 Å². The van der Waals surface area contributed by atoms with Gasteiger partial charge in [0.05, 0.1) is 5.56 Å². The van der Waals surface area contributed by atoms with Crippen LogP contribution in [0, 0.1) is 6.92 Å². The molecule has 0 amide bonds. The first-order valence-corrected chi connectivity index (χ1v) is 4.57. The maximum Gasteiger partial charge on any atom is 0.416 e. The first kappa shape index (κ1) is 10.7. The average molecular weight is 227 g/mol.